The molecule has 76 valence electrons. The fourth-order valence-corrected chi connectivity index (χ4v) is 1.66. The standard InChI is InChI=1S/C9H12N2O3/c1-11-7(9(12)13)6(5-3-4-5)8(10-11)14-2/h5H,3-4H2,1-2H3,(H,12,13). The van der Waals surface area contributed by atoms with Crippen molar-refractivity contribution in [2.24, 2.45) is 7.05 Å². The molecule has 0 radical (unpaired) electrons. The van der Waals surface area contributed by atoms with E-state index in [1.165, 1.54) is 11.8 Å². The molecule has 1 aliphatic carbocycles. The minimum absolute atomic E-state index is 0.254. The summed E-state index contributed by atoms with van der Waals surface area (Å²) in [5, 5.41) is 13.0. The summed E-state index contributed by atoms with van der Waals surface area (Å²) in [4.78, 5) is 11.0. The quantitative estimate of drug-likeness (QED) is 0.783. The molecule has 0 spiro atoms. The van der Waals surface area contributed by atoms with Gasteiger partial charge in [-0.1, -0.05) is 0 Å². The van der Waals surface area contributed by atoms with E-state index in [9.17, 15) is 4.79 Å². The third-order valence-electron chi connectivity index (χ3n) is 2.43. The Balaban J connectivity index is 2.54. The molecule has 1 aliphatic rings. The highest BCUT2D eigenvalue weighted by molar-refractivity contribution is 5.88. The zero-order valence-electron chi connectivity index (χ0n) is 8.15. The first-order valence-corrected chi connectivity index (χ1v) is 4.49. The third kappa shape index (κ3) is 1.25. The average molecular weight is 196 g/mol. The maximum absolute atomic E-state index is 11.0. The normalized spacial score (nSPS) is 15.6. The van der Waals surface area contributed by atoms with Crippen LogP contribution in [0.25, 0.3) is 0 Å². The number of hydrogen-bond donors (Lipinski definition) is 1. The van der Waals surface area contributed by atoms with Crippen LogP contribution in [0.15, 0.2) is 0 Å². The van der Waals surface area contributed by atoms with Crippen molar-refractivity contribution in [1.29, 1.82) is 0 Å². The second kappa shape index (κ2) is 3.01. The monoisotopic (exact) mass is 196 g/mol. The van der Waals surface area contributed by atoms with Crippen molar-refractivity contribution in [3.8, 4) is 5.88 Å². The summed E-state index contributed by atoms with van der Waals surface area (Å²) in [6.07, 6.45) is 2.06. The van der Waals surface area contributed by atoms with Crippen molar-refractivity contribution in [2.45, 2.75) is 18.8 Å². The summed E-state index contributed by atoms with van der Waals surface area (Å²) in [7, 11) is 3.14. The van der Waals surface area contributed by atoms with E-state index in [2.05, 4.69) is 5.10 Å². The van der Waals surface area contributed by atoms with Gasteiger partial charge in [-0.2, -0.15) is 0 Å². The second-order valence-electron chi connectivity index (χ2n) is 3.47. The van der Waals surface area contributed by atoms with Crippen molar-refractivity contribution in [3.63, 3.8) is 0 Å². The SMILES string of the molecule is COc1nn(C)c(C(=O)O)c1C1CC1. The van der Waals surface area contributed by atoms with Crippen LogP contribution >= 0.6 is 0 Å². The highest BCUT2D eigenvalue weighted by Gasteiger charge is 2.35. The molecule has 1 fully saturated rings. The molecule has 0 bridgehead atoms. The molecule has 1 aromatic rings. The summed E-state index contributed by atoms with van der Waals surface area (Å²) in [5.41, 5.74) is 1.01. The van der Waals surface area contributed by atoms with Crippen LogP contribution in [0.4, 0.5) is 0 Å². The van der Waals surface area contributed by atoms with Crippen molar-refractivity contribution in [3.05, 3.63) is 11.3 Å². The summed E-state index contributed by atoms with van der Waals surface area (Å²) < 4.78 is 6.43. The molecule has 1 aromatic heterocycles. The molecule has 0 aromatic carbocycles. The Bertz CT molecular complexity index is 380. The molecule has 0 atom stereocenters. The molecule has 14 heavy (non-hydrogen) atoms. The topological polar surface area (TPSA) is 64.4 Å². The minimum atomic E-state index is -0.940. The number of carboxylic acids is 1. The van der Waals surface area contributed by atoms with Gasteiger partial charge in [0, 0.05) is 7.05 Å². The number of carboxylic acid groups (broad SMARTS) is 1. The summed E-state index contributed by atoms with van der Waals surface area (Å²) in [6, 6.07) is 0. The lowest BCUT2D eigenvalue weighted by Crippen LogP contribution is -2.07. The molecule has 0 aliphatic heterocycles. The summed E-state index contributed by atoms with van der Waals surface area (Å²) in [6.45, 7) is 0. The Kier molecular flexibility index (Phi) is 1.94. The fraction of sp³-hybridized carbons (Fsp3) is 0.556. The molecule has 5 heteroatoms. The van der Waals surface area contributed by atoms with Gasteiger partial charge in [0.15, 0.2) is 5.69 Å². The van der Waals surface area contributed by atoms with Crippen LogP contribution in [0.3, 0.4) is 0 Å². The van der Waals surface area contributed by atoms with E-state index in [1.807, 2.05) is 0 Å². The lowest BCUT2D eigenvalue weighted by molar-refractivity contribution is 0.0683. The van der Waals surface area contributed by atoms with Crippen molar-refractivity contribution < 1.29 is 14.6 Å². The average Bonchev–Trinajstić information content (AvgIpc) is 2.89. The lowest BCUT2D eigenvalue weighted by Gasteiger charge is -1.99. The molecule has 5 nitrogen and oxygen atoms in total. The first-order chi connectivity index (χ1) is 6.65. The Morgan fingerprint density at radius 2 is 2.29 bits per heavy atom. The number of aromatic carboxylic acids is 1. The van der Waals surface area contributed by atoms with Crippen LogP contribution in [0.5, 0.6) is 5.88 Å². The molecular weight excluding hydrogens is 184 g/mol. The Morgan fingerprint density at radius 3 is 2.71 bits per heavy atom. The van der Waals surface area contributed by atoms with Gasteiger partial charge in [-0.3, -0.25) is 4.68 Å². The number of rotatable bonds is 3. The van der Waals surface area contributed by atoms with E-state index >= 15 is 0 Å². The van der Waals surface area contributed by atoms with Gasteiger partial charge in [0.1, 0.15) is 0 Å². The van der Waals surface area contributed by atoms with Gasteiger partial charge in [-0.05, 0) is 18.8 Å². The predicted molar refractivity (Wildman–Crippen MR) is 48.7 cm³/mol. The zero-order valence-corrected chi connectivity index (χ0v) is 8.15. The Morgan fingerprint density at radius 1 is 1.64 bits per heavy atom. The van der Waals surface area contributed by atoms with Gasteiger partial charge in [0.05, 0.1) is 12.7 Å². The number of methoxy groups -OCH3 is 1. The van der Waals surface area contributed by atoms with E-state index in [-0.39, 0.29) is 5.69 Å². The van der Waals surface area contributed by atoms with Gasteiger partial charge < -0.3 is 9.84 Å². The van der Waals surface area contributed by atoms with E-state index < -0.39 is 5.97 Å². The molecule has 2 rings (SSSR count). The van der Waals surface area contributed by atoms with Crippen LogP contribution in [-0.4, -0.2) is 28.0 Å². The van der Waals surface area contributed by atoms with Gasteiger partial charge in [0.25, 0.3) is 0 Å². The Hall–Kier alpha value is -1.52. The van der Waals surface area contributed by atoms with E-state index in [0.29, 0.717) is 11.8 Å². The number of ether oxygens (including phenoxy) is 1. The number of carbonyl (C=O) groups is 1. The largest absolute Gasteiger partial charge is 0.480 e. The smallest absolute Gasteiger partial charge is 0.354 e. The number of aromatic nitrogens is 2. The molecule has 0 saturated heterocycles. The highest BCUT2D eigenvalue weighted by atomic mass is 16.5. The first kappa shape index (κ1) is 9.05. The van der Waals surface area contributed by atoms with Gasteiger partial charge in [-0.25, -0.2) is 4.79 Å². The van der Waals surface area contributed by atoms with Crippen LogP contribution in [-0.2, 0) is 7.05 Å². The van der Waals surface area contributed by atoms with E-state index in [0.717, 1.165) is 18.4 Å². The maximum atomic E-state index is 11.0. The second-order valence-corrected chi connectivity index (χ2v) is 3.47. The number of nitrogens with zero attached hydrogens (tertiary/aromatic N) is 2. The van der Waals surface area contributed by atoms with Crippen LogP contribution in [0, 0.1) is 0 Å². The van der Waals surface area contributed by atoms with Gasteiger partial charge >= 0.3 is 5.97 Å². The van der Waals surface area contributed by atoms with Crippen LogP contribution in [0.1, 0.15) is 34.8 Å². The third-order valence-corrected chi connectivity index (χ3v) is 2.43. The van der Waals surface area contributed by atoms with E-state index in [4.69, 9.17) is 9.84 Å². The first-order valence-electron chi connectivity index (χ1n) is 4.49. The minimum Gasteiger partial charge on any atom is -0.480 e. The highest BCUT2D eigenvalue weighted by Crippen LogP contribution is 2.45. The number of aryl methyl sites for hydroxylation is 1. The Labute approximate surface area is 81.3 Å². The number of hydrogen-bond acceptors (Lipinski definition) is 3. The van der Waals surface area contributed by atoms with Gasteiger partial charge in [0.2, 0.25) is 5.88 Å². The van der Waals surface area contributed by atoms with E-state index in [1.54, 1.807) is 7.05 Å². The fourth-order valence-electron chi connectivity index (χ4n) is 1.66. The molecular formula is C9H12N2O3. The summed E-state index contributed by atoms with van der Waals surface area (Å²) >= 11 is 0. The predicted octanol–water partition coefficient (Wildman–Crippen LogP) is 1.00. The lowest BCUT2D eigenvalue weighted by atomic mass is 10.1. The van der Waals surface area contributed by atoms with Crippen molar-refractivity contribution >= 4 is 5.97 Å². The van der Waals surface area contributed by atoms with Gasteiger partial charge in [-0.15, -0.1) is 5.10 Å². The van der Waals surface area contributed by atoms with Crippen LogP contribution < -0.4 is 4.74 Å². The molecule has 1 N–H and O–H groups in total. The van der Waals surface area contributed by atoms with Crippen LogP contribution in [0.2, 0.25) is 0 Å². The molecule has 0 amide bonds. The van der Waals surface area contributed by atoms with Crippen molar-refractivity contribution in [1.82, 2.24) is 9.78 Å². The zero-order chi connectivity index (χ0) is 10.3. The maximum Gasteiger partial charge on any atom is 0.354 e. The summed E-state index contributed by atoms with van der Waals surface area (Å²) in [5.74, 6) is -0.164. The molecule has 1 heterocycles. The molecule has 0 unspecified atom stereocenters. The molecule has 1 saturated carbocycles. The van der Waals surface area contributed by atoms with Crippen molar-refractivity contribution in [2.75, 3.05) is 7.11 Å².